The predicted octanol–water partition coefficient (Wildman–Crippen LogP) is 3.05. The van der Waals surface area contributed by atoms with E-state index < -0.39 is 0 Å². The van der Waals surface area contributed by atoms with Crippen molar-refractivity contribution in [1.29, 1.82) is 0 Å². The van der Waals surface area contributed by atoms with E-state index in [1.807, 2.05) is 37.3 Å². The zero-order valence-electron chi connectivity index (χ0n) is 12.9. The molecular weight excluding hydrogens is 262 g/mol. The summed E-state index contributed by atoms with van der Waals surface area (Å²) in [6.45, 7) is 1.99. The van der Waals surface area contributed by atoms with E-state index in [9.17, 15) is 9.90 Å². The quantitative estimate of drug-likeness (QED) is 0.646. The van der Waals surface area contributed by atoms with Gasteiger partial charge >= 0.3 is 0 Å². The lowest BCUT2D eigenvalue weighted by molar-refractivity contribution is 0.0837. The highest BCUT2D eigenvalue weighted by Crippen LogP contribution is 2.23. The van der Waals surface area contributed by atoms with Crippen molar-refractivity contribution in [2.75, 3.05) is 7.05 Å². The SMILES string of the molecule is CC[C@H](O)C[C@H]1C=CC[C@@H](CC(=O)c2ccccc2)N1C. The molecule has 0 aromatic heterocycles. The van der Waals surface area contributed by atoms with Crippen molar-refractivity contribution in [2.45, 2.75) is 50.8 Å². The third-order valence-corrected chi connectivity index (χ3v) is 4.37. The minimum Gasteiger partial charge on any atom is -0.393 e. The van der Waals surface area contributed by atoms with Gasteiger partial charge in [-0.25, -0.2) is 0 Å². The Bertz CT molecular complexity index is 483. The van der Waals surface area contributed by atoms with Gasteiger partial charge in [-0.3, -0.25) is 9.69 Å². The van der Waals surface area contributed by atoms with Gasteiger partial charge in [0, 0.05) is 24.1 Å². The second-order valence-electron chi connectivity index (χ2n) is 5.84. The van der Waals surface area contributed by atoms with Crippen molar-refractivity contribution in [3.8, 4) is 0 Å². The van der Waals surface area contributed by atoms with Crippen LogP contribution in [0.1, 0.15) is 43.0 Å². The average molecular weight is 287 g/mol. The normalized spacial score (nSPS) is 24.0. The summed E-state index contributed by atoms with van der Waals surface area (Å²) >= 11 is 0. The number of rotatable bonds is 6. The van der Waals surface area contributed by atoms with Crippen molar-refractivity contribution in [2.24, 2.45) is 0 Å². The molecule has 1 aromatic rings. The van der Waals surface area contributed by atoms with Crippen molar-refractivity contribution < 1.29 is 9.90 Å². The number of nitrogens with zero attached hydrogens (tertiary/aromatic N) is 1. The number of carbonyl (C=O) groups excluding carboxylic acids is 1. The van der Waals surface area contributed by atoms with Gasteiger partial charge in [0.1, 0.15) is 0 Å². The van der Waals surface area contributed by atoms with Gasteiger partial charge in [0.25, 0.3) is 0 Å². The molecular formula is C18H25NO2. The Kier molecular flexibility index (Phi) is 5.71. The maximum Gasteiger partial charge on any atom is 0.164 e. The molecule has 1 aliphatic heterocycles. The molecule has 0 bridgehead atoms. The van der Waals surface area contributed by atoms with Gasteiger partial charge in [-0.15, -0.1) is 0 Å². The van der Waals surface area contributed by atoms with Gasteiger partial charge in [0.05, 0.1) is 6.10 Å². The number of carbonyl (C=O) groups is 1. The van der Waals surface area contributed by atoms with Crippen molar-refractivity contribution in [3.63, 3.8) is 0 Å². The van der Waals surface area contributed by atoms with Crippen molar-refractivity contribution in [1.82, 2.24) is 4.90 Å². The number of Topliss-reactive ketones (excluding diaryl/α,β-unsaturated/α-hetero) is 1. The van der Waals surface area contributed by atoms with E-state index in [1.54, 1.807) is 0 Å². The predicted molar refractivity (Wildman–Crippen MR) is 85.4 cm³/mol. The number of ketones is 1. The lowest BCUT2D eigenvalue weighted by atomic mass is 9.93. The highest BCUT2D eigenvalue weighted by molar-refractivity contribution is 5.96. The number of likely N-dealkylation sites (N-methyl/N-ethyl adjacent to an activating group) is 1. The summed E-state index contributed by atoms with van der Waals surface area (Å²) in [6.07, 6.45) is 6.96. The van der Waals surface area contributed by atoms with E-state index in [-0.39, 0.29) is 24.0 Å². The Labute approximate surface area is 127 Å². The molecule has 0 unspecified atom stereocenters. The summed E-state index contributed by atoms with van der Waals surface area (Å²) in [5, 5.41) is 9.85. The van der Waals surface area contributed by atoms with Gasteiger partial charge in [0.2, 0.25) is 0 Å². The Morgan fingerprint density at radius 2 is 2.10 bits per heavy atom. The maximum absolute atomic E-state index is 12.3. The molecule has 0 aliphatic carbocycles. The molecule has 1 N–H and O–H groups in total. The van der Waals surface area contributed by atoms with Crippen LogP contribution in [0.2, 0.25) is 0 Å². The molecule has 0 fully saturated rings. The van der Waals surface area contributed by atoms with E-state index in [0.717, 1.165) is 24.8 Å². The van der Waals surface area contributed by atoms with Gasteiger partial charge in [-0.05, 0) is 26.3 Å². The molecule has 0 saturated carbocycles. The van der Waals surface area contributed by atoms with E-state index in [4.69, 9.17) is 0 Å². The fraction of sp³-hybridized carbons (Fsp3) is 0.500. The molecule has 114 valence electrons. The number of aliphatic hydroxyl groups is 1. The van der Waals surface area contributed by atoms with E-state index in [0.29, 0.717) is 6.42 Å². The van der Waals surface area contributed by atoms with Gasteiger partial charge in [0.15, 0.2) is 5.78 Å². The van der Waals surface area contributed by atoms with Gasteiger partial charge in [-0.2, -0.15) is 0 Å². The smallest absolute Gasteiger partial charge is 0.164 e. The number of benzene rings is 1. The first-order valence-electron chi connectivity index (χ1n) is 7.76. The summed E-state index contributed by atoms with van der Waals surface area (Å²) in [7, 11) is 2.06. The van der Waals surface area contributed by atoms with Crippen LogP contribution in [0.4, 0.5) is 0 Å². The monoisotopic (exact) mass is 287 g/mol. The lowest BCUT2D eigenvalue weighted by Crippen LogP contribution is -2.44. The van der Waals surface area contributed by atoms with Crippen LogP contribution in [0.5, 0.6) is 0 Å². The van der Waals surface area contributed by atoms with Crippen molar-refractivity contribution in [3.05, 3.63) is 48.0 Å². The van der Waals surface area contributed by atoms with E-state index in [2.05, 4.69) is 24.1 Å². The number of aliphatic hydroxyl groups excluding tert-OH is 1. The van der Waals surface area contributed by atoms with E-state index >= 15 is 0 Å². The first-order valence-corrected chi connectivity index (χ1v) is 7.76. The van der Waals surface area contributed by atoms with Crippen LogP contribution in [0.3, 0.4) is 0 Å². The van der Waals surface area contributed by atoms with Crippen LogP contribution >= 0.6 is 0 Å². The molecule has 0 saturated heterocycles. The minimum atomic E-state index is -0.273. The number of hydrogen-bond acceptors (Lipinski definition) is 3. The minimum absolute atomic E-state index is 0.192. The molecule has 1 aliphatic rings. The molecule has 0 spiro atoms. The Balaban J connectivity index is 1.98. The van der Waals surface area contributed by atoms with Gasteiger partial charge < -0.3 is 5.11 Å². The second-order valence-corrected chi connectivity index (χ2v) is 5.84. The van der Waals surface area contributed by atoms with Crippen LogP contribution < -0.4 is 0 Å². The highest BCUT2D eigenvalue weighted by Gasteiger charge is 2.27. The molecule has 3 atom stereocenters. The fourth-order valence-corrected chi connectivity index (χ4v) is 2.84. The standard InChI is InChI=1S/C18H25NO2/c1-3-17(20)12-15-10-7-11-16(19(15)2)13-18(21)14-8-5-4-6-9-14/h4-10,15-17,20H,3,11-13H2,1-2H3/t15-,16+,17+/m1/s1. The van der Waals surface area contributed by atoms with Crippen LogP contribution in [0, 0.1) is 0 Å². The largest absolute Gasteiger partial charge is 0.393 e. The molecule has 1 heterocycles. The molecule has 1 aromatic carbocycles. The molecule has 0 amide bonds. The average Bonchev–Trinajstić information content (AvgIpc) is 2.52. The van der Waals surface area contributed by atoms with Crippen LogP contribution in [0.25, 0.3) is 0 Å². The Hall–Kier alpha value is -1.45. The molecule has 21 heavy (non-hydrogen) atoms. The first kappa shape index (κ1) is 15.9. The second kappa shape index (κ2) is 7.53. The van der Waals surface area contributed by atoms with Crippen LogP contribution in [-0.2, 0) is 0 Å². The summed E-state index contributed by atoms with van der Waals surface area (Å²) in [6, 6.07) is 9.92. The summed E-state index contributed by atoms with van der Waals surface area (Å²) < 4.78 is 0. The third kappa shape index (κ3) is 4.26. The maximum atomic E-state index is 12.3. The van der Waals surface area contributed by atoms with Gasteiger partial charge in [-0.1, -0.05) is 49.4 Å². The zero-order valence-corrected chi connectivity index (χ0v) is 12.9. The summed E-state index contributed by atoms with van der Waals surface area (Å²) in [5.41, 5.74) is 0.783. The fourth-order valence-electron chi connectivity index (χ4n) is 2.84. The van der Waals surface area contributed by atoms with Crippen molar-refractivity contribution >= 4 is 5.78 Å². The topological polar surface area (TPSA) is 40.5 Å². The highest BCUT2D eigenvalue weighted by atomic mass is 16.3. The summed E-state index contributed by atoms with van der Waals surface area (Å²) in [4.78, 5) is 14.6. The van der Waals surface area contributed by atoms with Crippen LogP contribution in [0.15, 0.2) is 42.5 Å². The molecule has 3 heteroatoms. The van der Waals surface area contributed by atoms with Crippen LogP contribution in [-0.4, -0.2) is 41.0 Å². The molecule has 3 nitrogen and oxygen atoms in total. The first-order chi connectivity index (χ1) is 10.1. The molecule has 2 rings (SSSR count). The summed E-state index contributed by atoms with van der Waals surface area (Å²) in [5.74, 6) is 0.192. The lowest BCUT2D eigenvalue weighted by Gasteiger charge is -2.37. The number of hydrogen-bond donors (Lipinski definition) is 1. The van der Waals surface area contributed by atoms with E-state index in [1.165, 1.54) is 0 Å². The molecule has 0 radical (unpaired) electrons. The Morgan fingerprint density at radius 1 is 1.38 bits per heavy atom. The zero-order chi connectivity index (χ0) is 15.2. The third-order valence-electron chi connectivity index (χ3n) is 4.37. The Morgan fingerprint density at radius 3 is 2.76 bits per heavy atom.